The van der Waals surface area contributed by atoms with Gasteiger partial charge in [0.25, 0.3) is 0 Å². The Morgan fingerprint density at radius 1 is 1.29 bits per heavy atom. The van der Waals surface area contributed by atoms with Crippen molar-refractivity contribution in [1.29, 1.82) is 0 Å². The highest BCUT2D eigenvalue weighted by atomic mass is 79.9. The quantitative estimate of drug-likeness (QED) is 0.715. The second-order valence-corrected chi connectivity index (χ2v) is 3.59. The van der Waals surface area contributed by atoms with Crippen molar-refractivity contribution in [2.45, 2.75) is 19.8 Å². The predicted molar refractivity (Wildman–Crippen MR) is 64.8 cm³/mol. The van der Waals surface area contributed by atoms with E-state index in [0.29, 0.717) is 0 Å². The van der Waals surface area contributed by atoms with Gasteiger partial charge in [0.05, 0.1) is 6.61 Å². The molecule has 1 aromatic carbocycles. The van der Waals surface area contributed by atoms with E-state index in [-0.39, 0.29) is 0 Å². The van der Waals surface area contributed by atoms with Crippen LogP contribution in [0.4, 0.5) is 0 Å². The van der Waals surface area contributed by atoms with Gasteiger partial charge in [-0.05, 0) is 35.2 Å². The lowest BCUT2D eigenvalue weighted by molar-refractivity contribution is 0.309. The van der Waals surface area contributed by atoms with E-state index in [1.54, 1.807) is 0 Å². The third kappa shape index (κ3) is 3.97. The second-order valence-electron chi connectivity index (χ2n) is 3.06. The number of hydrogen-bond donors (Lipinski definition) is 0. The van der Waals surface area contributed by atoms with E-state index in [9.17, 15) is 0 Å². The highest BCUT2D eigenvalue weighted by molar-refractivity contribution is 9.11. The number of unbranched alkanes of at least 4 members (excludes halogenated alkanes) is 1. The minimum atomic E-state index is 0.810. The summed E-state index contributed by atoms with van der Waals surface area (Å²) >= 11 is 3.24. The van der Waals surface area contributed by atoms with Crippen molar-refractivity contribution in [2.75, 3.05) is 6.61 Å². The van der Waals surface area contributed by atoms with Crippen molar-refractivity contribution in [2.24, 2.45) is 0 Å². The lowest BCUT2D eigenvalue weighted by atomic mass is 10.2. The molecule has 1 nitrogen and oxygen atoms in total. The molecule has 0 radical (unpaired) electrons. The van der Waals surface area contributed by atoms with E-state index in [2.05, 4.69) is 22.9 Å². The molecule has 76 valence electrons. The summed E-state index contributed by atoms with van der Waals surface area (Å²) in [5.41, 5.74) is 1.17. The summed E-state index contributed by atoms with van der Waals surface area (Å²) in [7, 11) is 0. The first kappa shape index (κ1) is 11.3. The van der Waals surface area contributed by atoms with Gasteiger partial charge in [0.1, 0.15) is 5.75 Å². The average molecular weight is 255 g/mol. The molecule has 0 unspecified atom stereocenters. The Kier molecular flexibility index (Phi) is 5.38. The van der Waals surface area contributed by atoms with E-state index in [4.69, 9.17) is 4.74 Å². The average Bonchev–Trinajstić information content (AvgIpc) is 2.21. The third-order valence-electron chi connectivity index (χ3n) is 1.90. The summed E-state index contributed by atoms with van der Waals surface area (Å²) in [6.45, 7) is 2.97. The number of benzene rings is 1. The first-order valence-electron chi connectivity index (χ1n) is 4.86. The van der Waals surface area contributed by atoms with Gasteiger partial charge in [-0.1, -0.05) is 41.4 Å². The Morgan fingerprint density at radius 2 is 2.00 bits per heavy atom. The minimum absolute atomic E-state index is 0.810. The molecule has 0 heterocycles. The van der Waals surface area contributed by atoms with Gasteiger partial charge in [-0.15, -0.1) is 0 Å². The van der Waals surface area contributed by atoms with Crippen LogP contribution in [0.1, 0.15) is 25.3 Å². The second kappa shape index (κ2) is 6.66. The molecule has 0 fully saturated rings. The fourth-order valence-corrected chi connectivity index (χ4v) is 1.39. The van der Waals surface area contributed by atoms with Crippen LogP contribution < -0.4 is 4.74 Å². The molecule has 0 aromatic heterocycles. The van der Waals surface area contributed by atoms with E-state index in [1.165, 1.54) is 12.0 Å². The molecule has 0 saturated carbocycles. The minimum Gasteiger partial charge on any atom is -0.494 e. The van der Waals surface area contributed by atoms with Gasteiger partial charge in [0.2, 0.25) is 0 Å². The molecule has 14 heavy (non-hydrogen) atoms. The SMILES string of the molecule is CCCCOc1ccc(/C=C/Br)cc1. The standard InChI is InChI=1S/C12H15BrO/c1-2-3-10-14-12-6-4-11(5-7-12)8-9-13/h4-9H,2-3,10H2,1H3/b9-8+. The number of halogens is 1. The smallest absolute Gasteiger partial charge is 0.119 e. The Balaban J connectivity index is 2.46. The number of hydrogen-bond acceptors (Lipinski definition) is 1. The fourth-order valence-electron chi connectivity index (χ4n) is 1.08. The zero-order chi connectivity index (χ0) is 10.2. The van der Waals surface area contributed by atoms with Gasteiger partial charge in [-0.2, -0.15) is 0 Å². The first-order valence-corrected chi connectivity index (χ1v) is 5.78. The van der Waals surface area contributed by atoms with Gasteiger partial charge >= 0.3 is 0 Å². The van der Waals surface area contributed by atoms with Gasteiger partial charge in [0, 0.05) is 0 Å². The Bertz CT molecular complexity index is 277. The molecule has 2 heteroatoms. The zero-order valence-corrected chi connectivity index (χ0v) is 9.96. The molecule has 1 rings (SSSR count). The van der Waals surface area contributed by atoms with Crippen molar-refractivity contribution in [3.63, 3.8) is 0 Å². The van der Waals surface area contributed by atoms with Crippen LogP contribution in [-0.2, 0) is 0 Å². The van der Waals surface area contributed by atoms with Crippen molar-refractivity contribution in [1.82, 2.24) is 0 Å². The van der Waals surface area contributed by atoms with Gasteiger partial charge in [0.15, 0.2) is 0 Å². The molecule has 0 N–H and O–H groups in total. The molecule has 1 aromatic rings. The van der Waals surface area contributed by atoms with E-state index in [0.717, 1.165) is 18.8 Å². The maximum Gasteiger partial charge on any atom is 0.119 e. The summed E-state index contributed by atoms with van der Waals surface area (Å²) in [5.74, 6) is 0.949. The van der Waals surface area contributed by atoms with Crippen LogP contribution in [0.5, 0.6) is 5.75 Å². The lowest BCUT2D eigenvalue weighted by Gasteiger charge is -2.04. The van der Waals surface area contributed by atoms with Crippen molar-refractivity contribution < 1.29 is 4.74 Å². The predicted octanol–water partition coefficient (Wildman–Crippen LogP) is 4.23. The molecule has 0 amide bonds. The molecule has 0 bridgehead atoms. The van der Waals surface area contributed by atoms with Crippen molar-refractivity contribution >= 4 is 22.0 Å². The molecule has 0 aliphatic heterocycles. The maximum atomic E-state index is 5.54. The number of rotatable bonds is 5. The molecule has 0 aliphatic carbocycles. The molecule has 0 spiro atoms. The van der Waals surface area contributed by atoms with Crippen LogP contribution in [0.15, 0.2) is 29.3 Å². The topological polar surface area (TPSA) is 9.23 Å². The maximum absolute atomic E-state index is 5.54. The number of ether oxygens (including phenoxy) is 1. The van der Waals surface area contributed by atoms with Crippen LogP contribution in [0.3, 0.4) is 0 Å². The van der Waals surface area contributed by atoms with Gasteiger partial charge in [-0.3, -0.25) is 0 Å². The molecular weight excluding hydrogens is 240 g/mol. The van der Waals surface area contributed by atoms with Crippen LogP contribution in [-0.4, -0.2) is 6.61 Å². The summed E-state index contributed by atoms with van der Waals surface area (Å²) in [6, 6.07) is 8.08. The van der Waals surface area contributed by atoms with Crippen molar-refractivity contribution in [3.8, 4) is 5.75 Å². The normalized spacial score (nSPS) is 10.7. The van der Waals surface area contributed by atoms with E-state index < -0.39 is 0 Å². The summed E-state index contributed by atoms with van der Waals surface area (Å²) in [6.07, 6.45) is 4.28. The summed E-state index contributed by atoms with van der Waals surface area (Å²) in [4.78, 5) is 1.85. The first-order chi connectivity index (χ1) is 6.86. The summed E-state index contributed by atoms with van der Waals surface area (Å²) in [5, 5.41) is 0. The third-order valence-corrected chi connectivity index (χ3v) is 2.17. The van der Waals surface area contributed by atoms with E-state index >= 15 is 0 Å². The highest BCUT2D eigenvalue weighted by Crippen LogP contribution is 2.13. The largest absolute Gasteiger partial charge is 0.494 e. The Hall–Kier alpha value is -0.760. The highest BCUT2D eigenvalue weighted by Gasteiger charge is 1.92. The van der Waals surface area contributed by atoms with Crippen LogP contribution >= 0.6 is 15.9 Å². The van der Waals surface area contributed by atoms with Crippen LogP contribution in [0.25, 0.3) is 6.08 Å². The Labute approximate surface area is 93.9 Å². The molecule has 0 aliphatic rings. The lowest BCUT2D eigenvalue weighted by Crippen LogP contribution is -1.95. The molecule has 0 atom stereocenters. The van der Waals surface area contributed by atoms with Gasteiger partial charge < -0.3 is 4.74 Å². The van der Waals surface area contributed by atoms with Crippen LogP contribution in [0.2, 0.25) is 0 Å². The fraction of sp³-hybridized carbons (Fsp3) is 0.333. The summed E-state index contributed by atoms with van der Waals surface area (Å²) < 4.78 is 5.54. The van der Waals surface area contributed by atoms with E-state index in [1.807, 2.05) is 35.3 Å². The van der Waals surface area contributed by atoms with Gasteiger partial charge in [-0.25, -0.2) is 0 Å². The van der Waals surface area contributed by atoms with Crippen LogP contribution in [0, 0.1) is 0 Å². The van der Waals surface area contributed by atoms with Crippen molar-refractivity contribution in [3.05, 3.63) is 34.8 Å². The Morgan fingerprint density at radius 3 is 2.57 bits per heavy atom. The zero-order valence-electron chi connectivity index (χ0n) is 8.37. The molecular formula is C12H15BrO. The monoisotopic (exact) mass is 254 g/mol. The molecule has 0 saturated heterocycles.